The van der Waals surface area contributed by atoms with E-state index in [-0.39, 0.29) is 39.0 Å². The molecular formula is C60H60BF4N8O8Ru2. The first-order valence-corrected chi connectivity index (χ1v) is 24.2. The number of ether oxygens (including phenoxy) is 8. The maximum atomic E-state index is 9.75. The Hall–Kier alpha value is -8.93. The molecule has 16 nitrogen and oxygen atoms in total. The van der Waals surface area contributed by atoms with Crippen molar-refractivity contribution >= 4 is 78.1 Å². The van der Waals surface area contributed by atoms with Gasteiger partial charge < -0.3 is 96.4 Å². The van der Waals surface area contributed by atoms with Crippen LogP contribution in [0.3, 0.4) is 0 Å². The number of rotatable bonds is 20. The zero-order valence-electron chi connectivity index (χ0n) is 46.4. The van der Waals surface area contributed by atoms with E-state index in [1.54, 1.807) is 56.9 Å². The number of aliphatic imine (C=N–C) groups is 4. The summed E-state index contributed by atoms with van der Waals surface area (Å²) in [6.07, 6.45) is 6.13. The summed E-state index contributed by atoms with van der Waals surface area (Å²) < 4.78 is 79.6. The van der Waals surface area contributed by atoms with Gasteiger partial charge in [0.05, 0.1) is 56.9 Å². The Morgan fingerprint density at radius 2 is 0.386 bits per heavy atom. The topological polar surface area (TPSA) is 180 Å². The van der Waals surface area contributed by atoms with Gasteiger partial charge in [-0.15, -0.1) is 0 Å². The molecule has 8 rings (SSSR count). The van der Waals surface area contributed by atoms with Crippen LogP contribution < -0.4 is 37.9 Å². The van der Waals surface area contributed by atoms with Crippen LogP contribution in [-0.2, 0) is 39.0 Å². The summed E-state index contributed by atoms with van der Waals surface area (Å²) in [5.74, 6) is 6.49. The predicted molar refractivity (Wildman–Crippen MR) is 319 cm³/mol. The van der Waals surface area contributed by atoms with Gasteiger partial charge in [0.15, 0.2) is 0 Å². The molecule has 0 saturated carbocycles. The molecule has 8 aromatic carbocycles. The monoisotopic (exact) mass is 1310 g/mol. The second-order valence-electron chi connectivity index (χ2n) is 15.6. The van der Waals surface area contributed by atoms with Gasteiger partial charge in [-0.3, -0.25) is 0 Å². The molecule has 0 atom stereocenters. The number of hydrogen-bond donors (Lipinski definition) is 0. The average molecular weight is 1310 g/mol. The third kappa shape index (κ3) is 29.9. The molecule has 0 aliphatic rings. The van der Waals surface area contributed by atoms with Crippen LogP contribution in [0.5, 0.6) is 46.0 Å². The summed E-state index contributed by atoms with van der Waals surface area (Å²) in [6.45, 7) is 0. The van der Waals surface area contributed by atoms with Crippen molar-refractivity contribution in [3.05, 3.63) is 215 Å². The van der Waals surface area contributed by atoms with E-state index in [0.29, 0.717) is 0 Å². The van der Waals surface area contributed by atoms with Crippen LogP contribution in [0.1, 0.15) is 0 Å². The van der Waals surface area contributed by atoms with Crippen molar-refractivity contribution in [2.45, 2.75) is 0 Å². The Kier molecular flexibility index (Phi) is 34.1. The minimum atomic E-state index is -6.00. The van der Waals surface area contributed by atoms with Gasteiger partial charge in [0, 0.05) is 0 Å². The van der Waals surface area contributed by atoms with Gasteiger partial charge in [-0.1, -0.05) is 122 Å². The molecule has 0 N–H and O–H groups in total. The van der Waals surface area contributed by atoms with Gasteiger partial charge >= 0.3 is 46.2 Å². The van der Waals surface area contributed by atoms with Gasteiger partial charge in [0.25, 0.3) is 0 Å². The molecule has 0 amide bonds. The van der Waals surface area contributed by atoms with Gasteiger partial charge in [0.2, 0.25) is 0 Å². The Bertz CT molecular complexity index is 2680. The van der Waals surface area contributed by atoms with Gasteiger partial charge in [-0.2, -0.15) is 0 Å². The fraction of sp³-hybridized carbons (Fsp3) is 0.133. The normalized spacial score (nSPS) is 10.3. The van der Waals surface area contributed by atoms with Crippen LogP contribution >= 0.6 is 0 Å². The number of nitrogens with zero attached hydrogens (tertiary/aromatic N) is 8. The quantitative estimate of drug-likeness (QED) is 0.0313. The molecule has 83 heavy (non-hydrogen) atoms. The molecule has 435 valence electrons. The summed E-state index contributed by atoms with van der Waals surface area (Å²) in [4.78, 5) is 17.0. The maximum Gasteiger partial charge on any atom is 3.00 e. The fourth-order valence-corrected chi connectivity index (χ4v) is 6.00. The molecular weight excluding hydrogens is 1250 g/mol. The molecule has 0 bridgehead atoms. The molecule has 0 spiro atoms. The number of hydrogen-bond acceptors (Lipinski definition) is 12. The molecule has 0 heterocycles. The first-order chi connectivity index (χ1) is 39.3. The van der Waals surface area contributed by atoms with Gasteiger partial charge in [-0.25, -0.2) is 0 Å². The maximum absolute atomic E-state index is 9.75. The first-order valence-electron chi connectivity index (χ1n) is 24.2. The Morgan fingerprint density at radius 3 is 0.506 bits per heavy atom. The smallest absolute Gasteiger partial charge is 0.497 e. The van der Waals surface area contributed by atoms with Crippen molar-refractivity contribution in [2.24, 2.45) is 20.0 Å². The second kappa shape index (κ2) is 40.3. The van der Waals surface area contributed by atoms with Crippen molar-refractivity contribution in [3.63, 3.8) is 0 Å². The van der Waals surface area contributed by atoms with E-state index in [1.165, 1.54) is 25.4 Å². The zero-order valence-corrected chi connectivity index (χ0v) is 49.9. The average Bonchev–Trinajstić information content (AvgIpc) is 3.50. The van der Waals surface area contributed by atoms with E-state index in [4.69, 9.17) is 37.9 Å². The fourth-order valence-electron chi connectivity index (χ4n) is 6.00. The Morgan fingerprint density at radius 1 is 0.265 bits per heavy atom. The third-order valence-corrected chi connectivity index (χ3v) is 10.2. The summed E-state index contributed by atoms with van der Waals surface area (Å²) in [5, 5.41) is 17.0. The molecule has 0 fully saturated rings. The summed E-state index contributed by atoms with van der Waals surface area (Å²) in [5.41, 5.74) is 6.65. The van der Waals surface area contributed by atoms with Gasteiger partial charge in [0.1, 0.15) is 46.0 Å². The van der Waals surface area contributed by atoms with E-state index in [9.17, 15) is 17.3 Å². The van der Waals surface area contributed by atoms with Crippen molar-refractivity contribution in [3.8, 4) is 46.0 Å². The van der Waals surface area contributed by atoms with E-state index >= 15 is 0 Å². The third-order valence-electron chi connectivity index (χ3n) is 10.2. The van der Waals surface area contributed by atoms with Crippen LogP contribution in [0.15, 0.2) is 214 Å². The van der Waals surface area contributed by atoms with Crippen molar-refractivity contribution in [2.75, 3.05) is 56.9 Å². The molecule has 0 saturated heterocycles. The van der Waals surface area contributed by atoms with Crippen LogP contribution in [0.4, 0.5) is 62.8 Å². The van der Waals surface area contributed by atoms with E-state index in [1.807, 2.05) is 194 Å². The van der Waals surface area contributed by atoms with Crippen LogP contribution in [-0.4, -0.2) is 89.5 Å². The number of benzene rings is 8. The predicted octanol–water partition coefficient (Wildman–Crippen LogP) is 17.6. The molecule has 0 aliphatic carbocycles. The Labute approximate surface area is 507 Å². The molecule has 0 unspecified atom stereocenters. The Balaban J connectivity index is 0.000000364. The van der Waals surface area contributed by atoms with Crippen LogP contribution in [0, 0.1) is 0 Å². The largest absolute Gasteiger partial charge is 3.00 e. The minimum absolute atomic E-state index is 0. The summed E-state index contributed by atoms with van der Waals surface area (Å²) in [6, 6.07) is 59.8. The van der Waals surface area contributed by atoms with E-state index in [2.05, 4.69) is 41.2 Å². The second-order valence-corrected chi connectivity index (χ2v) is 15.6. The number of halogens is 4. The van der Waals surface area contributed by atoms with Crippen LogP contribution in [0.2, 0.25) is 0 Å². The van der Waals surface area contributed by atoms with E-state index in [0.717, 1.165) is 91.5 Å². The SMILES string of the molecule is COc1ccc(N=C[N-]c2ccc(OC)cc2)cc1.COc1ccc(N=C[N-]c2ccc(OC)cc2)cc1.COc1ccc(N=C[N-]c2ccc(OC)cc2)cc1.COc1ccc(N=C[N-]c2ccc(OC)cc2)cc1.F[B-](F)(F)F.[Ru+2].[Ru+3]. The molecule has 0 aliphatic heterocycles. The first kappa shape index (κ1) is 70.2. The zero-order chi connectivity index (χ0) is 58.5. The molecule has 8 aromatic rings. The van der Waals surface area contributed by atoms with Crippen LogP contribution in [0.25, 0.3) is 21.3 Å². The summed E-state index contributed by atoms with van der Waals surface area (Å²) >= 11 is 0. The van der Waals surface area contributed by atoms with Crippen molar-refractivity contribution in [1.29, 1.82) is 0 Å². The van der Waals surface area contributed by atoms with Crippen molar-refractivity contribution < 1.29 is 94.1 Å². The van der Waals surface area contributed by atoms with Crippen molar-refractivity contribution in [1.82, 2.24) is 0 Å². The molecule has 23 heteroatoms. The number of methoxy groups -OCH3 is 8. The molecule has 1 radical (unpaired) electrons. The minimum Gasteiger partial charge on any atom is -0.497 e. The van der Waals surface area contributed by atoms with E-state index < -0.39 is 7.25 Å². The van der Waals surface area contributed by atoms with Gasteiger partial charge in [-0.05, 0) is 143 Å². The standard InChI is InChI=1S/4C15H15N2O2.BF4.2Ru/c4*1-18-14-7-3-12(4-8-14)16-11-17-13-5-9-15(19-2)10-6-13;2-1(3,4)5;;/h4*3-11H,1-2H3;;;/q5*-1;+2;+3. The summed E-state index contributed by atoms with van der Waals surface area (Å²) in [7, 11) is 7.09. The molecule has 0 aromatic heterocycles.